The molecule has 1 saturated heterocycles. The molecule has 0 amide bonds. The lowest BCUT2D eigenvalue weighted by Crippen LogP contribution is -2.26. The van der Waals surface area contributed by atoms with Crippen molar-refractivity contribution in [3.05, 3.63) is 69.7 Å². The number of nitrogens with zero attached hydrogens (tertiary/aromatic N) is 1. The second-order valence-corrected chi connectivity index (χ2v) is 6.19. The lowest BCUT2D eigenvalue weighted by atomic mass is 10.0. The molecule has 3 rings (SSSR count). The third kappa shape index (κ3) is 3.37. The number of hydrogen-bond donors (Lipinski definition) is 2. The van der Waals surface area contributed by atoms with Crippen LogP contribution in [0.1, 0.15) is 24.1 Å². The Balaban J connectivity index is 1.70. The zero-order valence-corrected chi connectivity index (χ0v) is 13.7. The highest BCUT2D eigenvalue weighted by Gasteiger charge is 2.27. The summed E-state index contributed by atoms with van der Waals surface area (Å²) in [5.74, 6) is 0.812. The Morgan fingerprint density at radius 2 is 1.77 bits per heavy atom. The van der Waals surface area contributed by atoms with E-state index < -0.39 is 0 Å². The van der Waals surface area contributed by atoms with Gasteiger partial charge in [-0.3, -0.25) is 0 Å². The van der Waals surface area contributed by atoms with Crippen LogP contribution in [0.3, 0.4) is 0 Å². The van der Waals surface area contributed by atoms with Gasteiger partial charge in [-0.15, -0.1) is 0 Å². The molecule has 1 aliphatic heterocycles. The van der Waals surface area contributed by atoms with Crippen LogP contribution in [0.15, 0.2) is 53.5 Å². The molecule has 0 unspecified atom stereocenters. The van der Waals surface area contributed by atoms with Gasteiger partial charge in [0.15, 0.2) is 5.96 Å². The molecule has 1 fully saturated rings. The van der Waals surface area contributed by atoms with E-state index in [0.29, 0.717) is 16.6 Å². The van der Waals surface area contributed by atoms with Gasteiger partial charge in [0.25, 0.3) is 0 Å². The quantitative estimate of drug-likeness (QED) is 0.884. The van der Waals surface area contributed by atoms with Crippen molar-refractivity contribution in [1.29, 1.82) is 0 Å². The highest BCUT2D eigenvalue weighted by atomic mass is 35.5. The molecule has 3 nitrogen and oxygen atoms in total. The predicted octanol–water partition coefficient (Wildman–Crippen LogP) is 4.17. The average Bonchev–Trinajstić information content (AvgIpc) is 2.90. The van der Waals surface area contributed by atoms with E-state index in [0.717, 1.165) is 11.5 Å². The number of halogens is 2. The fourth-order valence-corrected chi connectivity index (χ4v) is 2.87. The first kappa shape index (κ1) is 15.2. The number of rotatable bonds is 3. The Kier molecular flexibility index (Phi) is 4.55. The second kappa shape index (κ2) is 6.59. The zero-order valence-electron chi connectivity index (χ0n) is 12.2. The van der Waals surface area contributed by atoms with E-state index in [1.54, 1.807) is 6.07 Å². The first-order chi connectivity index (χ1) is 10.6. The maximum Gasteiger partial charge on any atom is 0.192 e. The highest BCUT2D eigenvalue weighted by molar-refractivity contribution is 6.42. The van der Waals surface area contributed by atoms with Gasteiger partial charge in [0.1, 0.15) is 0 Å². The summed E-state index contributed by atoms with van der Waals surface area (Å²) in [5, 5.41) is 7.93. The van der Waals surface area contributed by atoms with Gasteiger partial charge in [0, 0.05) is 0 Å². The van der Waals surface area contributed by atoms with E-state index in [9.17, 15) is 0 Å². The van der Waals surface area contributed by atoms with Crippen molar-refractivity contribution >= 4 is 29.2 Å². The molecule has 0 aliphatic carbocycles. The van der Waals surface area contributed by atoms with Crippen molar-refractivity contribution in [3.8, 4) is 0 Å². The molecule has 0 saturated carbocycles. The van der Waals surface area contributed by atoms with E-state index in [1.165, 1.54) is 5.56 Å². The van der Waals surface area contributed by atoms with Crippen LogP contribution in [0.4, 0.5) is 0 Å². The van der Waals surface area contributed by atoms with E-state index in [-0.39, 0.29) is 12.1 Å². The summed E-state index contributed by atoms with van der Waals surface area (Å²) in [7, 11) is 0. The molecule has 2 atom stereocenters. The summed E-state index contributed by atoms with van der Waals surface area (Å²) >= 11 is 11.9. The van der Waals surface area contributed by atoms with Crippen LogP contribution in [0.25, 0.3) is 0 Å². The summed E-state index contributed by atoms with van der Waals surface area (Å²) in [6, 6.07) is 16.5. The topological polar surface area (TPSA) is 36.4 Å². The van der Waals surface area contributed by atoms with Gasteiger partial charge in [-0.1, -0.05) is 59.6 Å². The standard InChI is InChI=1S/C17H17Cl2N3/c1-11-16(13-5-3-2-4-6-13)22-17(21-11)20-10-12-7-8-14(18)15(19)9-12/h2-9,11,16H,10H2,1H3,(H2,20,21,22)/t11-,16-/m0/s1. The number of aliphatic imine (C=N–C) groups is 1. The minimum absolute atomic E-state index is 0.230. The molecule has 5 heteroatoms. The molecular formula is C17H17Cl2N3. The molecule has 0 radical (unpaired) electrons. The molecule has 1 aliphatic rings. The van der Waals surface area contributed by atoms with Crippen molar-refractivity contribution in [2.45, 2.75) is 25.6 Å². The SMILES string of the molecule is C[C@@H]1NC(=NCc2ccc(Cl)c(Cl)c2)N[C@@H]1c1ccccc1. The van der Waals surface area contributed by atoms with E-state index in [2.05, 4.69) is 46.8 Å². The number of hydrogen-bond acceptors (Lipinski definition) is 1. The fraction of sp³-hybridized carbons (Fsp3) is 0.235. The van der Waals surface area contributed by atoms with E-state index in [4.69, 9.17) is 23.2 Å². The maximum atomic E-state index is 6.02. The molecule has 0 bridgehead atoms. The number of benzene rings is 2. The van der Waals surface area contributed by atoms with Crippen LogP contribution >= 0.6 is 23.2 Å². The normalized spacial score (nSPS) is 22.4. The van der Waals surface area contributed by atoms with Gasteiger partial charge in [0.05, 0.1) is 28.7 Å². The van der Waals surface area contributed by atoms with Crippen LogP contribution in [0.2, 0.25) is 10.0 Å². The molecule has 2 aromatic carbocycles. The van der Waals surface area contributed by atoms with Crippen LogP contribution in [0, 0.1) is 0 Å². The zero-order chi connectivity index (χ0) is 15.5. The first-order valence-electron chi connectivity index (χ1n) is 7.20. The Hall–Kier alpha value is -1.71. The number of guanidine groups is 1. The molecule has 0 spiro atoms. The summed E-state index contributed by atoms with van der Waals surface area (Å²) in [4.78, 5) is 4.58. The predicted molar refractivity (Wildman–Crippen MR) is 92.5 cm³/mol. The molecule has 22 heavy (non-hydrogen) atoms. The van der Waals surface area contributed by atoms with Crippen molar-refractivity contribution < 1.29 is 0 Å². The third-order valence-corrected chi connectivity index (χ3v) is 4.46. The molecule has 0 aromatic heterocycles. The lowest BCUT2D eigenvalue weighted by molar-refractivity contribution is 0.568. The molecular weight excluding hydrogens is 317 g/mol. The Bertz CT molecular complexity index is 686. The van der Waals surface area contributed by atoms with Crippen LogP contribution in [0.5, 0.6) is 0 Å². The minimum Gasteiger partial charge on any atom is -0.352 e. The Morgan fingerprint density at radius 3 is 2.50 bits per heavy atom. The Morgan fingerprint density at radius 1 is 1.00 bits per heavy atom. The van der Waals surface area contributed by atoms with Gasteiger partial charge in [-0.2, -0.15) is 0 Å². The fourth-order valence-electron chi connectivity index (χ4n) is 2.54. The monoisotopic (exact) mass is 333 g/mol. The second-order valence-electron chi connectivity index (χ2n) is 5.38. The molecule has 114 valence electrons. The summed E-state index contributed by atoms with van der Waals surface area (Å²) in [5.41, 5.74) is 2.28. The summed E-state index contributed by atoms with van der Waals surface area (Å²) in [6.07, 6.45) is 0. The molecule has 2 N–H and O–H groups in total. The van der Waals surface area contributed by atoms with E-state index in [1.807, 2.05) is 18.2 Å². The largest absolute Gasteiger partial charge is 0.352 e. The van der Waals surface area contributed by atoms with Crippen molar-refractivity contribution in [1.82, 2.24) is 10.6 Å². The first-order valence-corrected chi connectivity index (χ1v) is 7.95. The lowest BCUT2D eigenvalue weighted by Gasteiger charge is -2.14. The molecule has 1 heterocycles. The van der Waals surface area contributed by atoms with Crippen LogP contribution in [-0.2, 0) is 6.54 Å². The summed E-state index contributed by atoms with van der Waals surface area (Å²) in [6.45, 7) is 2.70. The van der Waals surface area contributed by atoms with Crippen LogP contribution < -0.4 is 10.6 Å². The van der Waals surface area contributed by atoms with Crippen molar-refractivity contribution in [3.63, 3.8) is 0 Å². The maximum absolute atomic E-state index is 6.02. The van der Waals surface area contributed by atoms with Crippen molar-refractivity contribution in [2.75, 3.05) is 0 Å². The average molecular weight is 334 g/mol. The number of nitrogens with one attached hydrogen (secondary N) is 2. The van der Waals surface area contributed by atoms with Gasteiger partial charge in [-0.05, 0) is 30.2 Å². The van der Waals surface area contributed by atoms with Crippen LogP contribution in [-0.4, -0.2) is 12.0 Å². The highest BCUT2D eigenvalue weighted by Crippen LogP contribution is 2.23. The van der Waals surface area contributed by atoms with E-state index >= 15 is 0 Å². The van der Waals surface area contributed by atoms with Gasteiger partial charge >= 0.3 is 0 Å². The van der Waals surface area contributed by atoms with Gasteiger partial charge in [-0.25, -0.2) is 4.99 Å². The Labute approximate surface area is 140 Å². The summed E-state index contributed by atoms with van der Waals surface area (Å²) < 4.78 is 0. The molecule has 2 aromatic rings. The van der Waals surface area contributed by atoms with Gasteiger partial charge in [0.2, 0.25) is 0 Å². The van der Waals surface area contributed by atoms with Gasteiger partial charge < -0.3 is 10.6 Å². The minimum atomic E-state index is 0.230. The third-order valence-electron chi connectivity index (χ3n) is 3.72. The smallest absolute Gasteiger partial charge is 0.192 e. The van der Waals surface area contributed by atoms with Crippen molar-refractivity contribution in [2.24, 2.45) is 4.99 Å².